The summed E-state index contributed by atoms with van der Waals surface area (Å²) >= 11 is 0. The van der Waals surface area contributed by atoms with Gasteiger partial charge in [-0.2, -0.15) is 0 Å². The molecule has 1 aliphatic carbocycles. The number of benzene rings is 1. The molecule has 4 heteroatoms. The van der Waals surface area contributed by atoms with E-state index in [4.69, 9.17) is 4.74 Å². The second-order valence-electron chi connectivity index (χ2n) is 6.66. The summed E-state index contributed by atoms with van der Waals surface area (Å²) in [5.41, 5.74) is 2.48. The van der Waals surface area contributed by atoms with Crippen molar-refractivity contribution in [2.45, 2.75) is 71.3 Å². The smallest absolute Gasteiger partial charge is 0.410 e. The lowest BCUT2D eigenvalue weighted by Crippen LogP contribution is -2.42. The molecule has 1 aliphatic rings. The van der Waals surface area contributed by atoms with Crippen molar-refractivity contribution in [3.8, 4) is 5.75 Å². The molecular weight excluding hydrogens is 302 g/mol. The third-order valence-corrected chi connectivity index (χ3v) is 4.79. The highest BCUT2D eigenvalue weighted by molar-refractivity contribution is 5.68. The van der Waals surface area contributed by atoms with E-state index in [0.717, 1.165) is 45.1 Å². The van der Waals surface area contributed by atoms with Crippen molar-refractivity contribution in [3.05, 3.63) is 29.3 Å². The Morgan fingerprint density at radius 1 is 1.21 bits per heavy atom. The Bertz CT molecular complexity index is 530. The molecule has 0 heterocycles. The number of phenols is 1. The van der Waals surface area contributed by atoms with E-state index in [9.17, 15) is 9.90 Å². The number of fused-ring (bicyclic) bond motifs is 1. The number of aryl methyl sites for hydroxylation is 1. The van der Waals surface area contributed by atoms with E-state index < -0.39 is 0 Å². The molecule has 0 bridgehead atoms. The number of carbonyl (C=O) groups is 1. The summed E-state index contributed by atoms with van der Waals surface area (Å²) in [6, 6.07) is 5.85. The normalized spacial score (nSPS) is 18.5. The zero-order valence-corrected chi connectivity index (χ0v) is 15.1. The lowest BCUT2D eigenvalue weighted by Gasteiger charge is -2.32. The molecule has 1 aromatic carbocycles. The van der Waals surface area contributed by atoms with Crippen LogP contribution in [0.3, 0.4) is 0 Å². The maximum absolute atomic E-state index is 12.4. The summed E-state index contributed by atoms with van der Waals surface area (Å²) in [7, 11) is 0. The van der Waals surface area contributed by atoms with Crippen LogP contribution >= 0.6 is 0 Å². The van der Waals surface area contributed by atoms with E-state index in [1.807, 2.05) is 24.0 Å². The molecule has 1 aromatic rings. The van der Waals surface area contributed by atoms with Crippen LogP contribution in [0.25, 0.3) is 0 Å². The Labute approximate surface area is 145 Å². The summed E-state index contributed by atoms with van der Waals surface area (Å²) in [5.74, 6) is 0.332. The maximum atomic E-state index is 12.4. The number of aromatic hydroxyl groups is 1. The Hall–Kier alpha value is -1.71. The van der Waals surface area contributed by atoms with Crippen molar-refractivity contribution < 1.29 is 14.6 Å². The molecule has 0 saturated carbocycles. The highest BCUT2D eigenvalue weighted by Gasteiger charge is 2.25. The second kappa shape index (κ2) is 9.55. The van der Waals surface area contributed by atoms with Crippen LogP contribution in [0.1, 0.15) is 63.5 Å². The van der Waals surface area contributed by atoms with E-state index in [1.165, 1.54) is 24.0 Å². The van der Waals surface area contributed by atoms with Crippen molar-refractivity contribution in [2.75, 3.05) is 13.2 Å². The summed E-state index contributed by atoms with van der Waals surface area (Å²) in [6.45, 7) is 5.10. The molecule has 1 N–H and O–H groups in total. The quantitative estimate of drug-likeness (QED) is 0.870. The third-order valence-electron chi connectivity index (χ3n) is 4.79. The monoisotopic (exact) mass is 333 g/mol. The molecule has 134 valence electrons. The van der Waals surface area contributed by atoms with Crippen LogP contribution in [0.4, 0.5) is 4.79 Å². The summed E-state index contributed by atoms with van der Waals surface area (Å²) in [4.78, 5) is 14.3. The number of nitrogens with zero attached hydrogens (tertiary/aromatic N) is 1. The Morgan fingerprint density at radius 2 is 2.00 bits per heavy atom. The van der Waals surface area contributed by atoms with Crippen LogP contribution in [0.15, 0.2) is 18.2 Å². The van der Waals surface area contributed by atoms with E-state index >= 15 is 0 Å². The van der Waals surface area contributed by atoms with E-state index in [2.05, 4.69) is 6.92 Å². The van der Waals surface area contributed by atoms with Gasteiger partial charge in [-0.25, -0.2) is 4.79 Å². The summed E-state index contributed by atoms with van der Waals surface area (Å²) in [6.07, 6.45) is 8.31. The van der Waals surface area contributed by atoms with Gasteiger partial charge >= 0.3 is 6.09 Å². The number of hydrogen-bond donors (Lipinski definition) is 1. The van der Waals surface area contributed by atoms with Gasteiger partial charge in [-0.05, 0) is 62.3 Å². The molecule has 0 unspecified atom stereocenters. The lowest BCUT2D eigenvalue weighted by atomic mass is 9.91. The van der Waals surface area contributed by atoms with Crippen molar-refractivity contribution in [3.63, 3.8) is 0 Å². The van der Waals surface area contributed by atoms with Gasteiger partial charge in [0.25, 0.3) is 0 Å². The molecule has 1 atom stereocenters. The third kappa shape index (κ3) is 5.15. The van der Waals surface area contributed by atoms with Crippen LogP contribution in [0.5, 0.6) is 5.75 Å². The van der Waals surface area contributed by atoms with Gasteiger partial charge in [0.2, 0.25) is 0 Å². The maximum Gasteiger partial charge on any atom is 0.410 e. The van der Waals surface area contributed by atoms with E-state index in [-0.39, 0.29) is 12.1 Å². The van der Waals surface area contributed by atoms with Crippen molar-refractivity contribution in [1.29, 1.82) is 0 Å². The summed E-state index contributed by atoms with van der Waals surface area (Å²) in [5, 5.41) is 9.81. The van der Waals surface area contributed by atoms with Gasteiger partial charge < -0.3 is 14.7 Å². The molecule has 0 aliphatic heterocycles. The molecule has 4 nitrogen and oxygen atoms in total. The van der Waals surface area contributed by atoms with Gasteiger partial charge in [0.15, 0.2) is 0 Å². The minimum absolute atomic E-state index is 0.172. The van der Waals surface area contributed by atoms with Crippen LogP contribution < -0.4 is 0 Å². The van der Waals surface area contributed by atoms with E-state index in [1.54, 1.807) is 6.07 Å². The predicted octanol–water partition coefficient (Wildman–Crippen LogP) is 4.68. The second-order valence-corrected chi connectivity index (χ2v) is 6.66. The average Bonchev–Trinajstić information content (AvgIpc) is 2.57. The highest BCUT2D eigenvalue weighted by Crippen LogP contribution is 2.25. The standard InChI is InChI=1S/C20H31NO3/c1-3-13-21(20(23)24-4-2)18-10-8-6-5-7-9-16-15-19(22)12-11-17(16)14-18/h11-12,15,18,22H,3-10,13-14H2,1-2H3/t18-/m1/s1. The van der Waals surface area contributed by atoms with E-state index in [0.29, 0.717) is 12.4 Å². The van der Waals surface area contributed by atoms with Gasteiger partial charge in [0, 0.05) is 12.6 Å². The number of phenolic OH excluding ortho intramolecular Hbond substituents is 1. The van der Waals surface area contributed by atoms with Gasteiger partial charge in [-0.15, -0.1) is 0 Å². The van der Waals surface area contributed by atoms with Gasteiger partial charge in [0.1, 0.15) is 5.75 Å². The minimum Gasteiger partial charge on any atom is -0.508 e. The van der Waals surface area contributed by atoms with Crippen LogP contribution in [-0.4, -0.2) is 35.3 Å². The molecule has 24 heavy (non-hydrogen) atoms. The molecule has 0 aromatic heterocycles. The fourth-order valence-corrected chi connectivity index (χ4v) is 3.59. The number of ether oxygens (including phenoxy) is 1. The Morgan fingerprint density at radius 3 is 2.75 bits per heavy atom. The molecular formula is C20H31NO3. The Balaban J connectivity index is 2.25. The van der Waals surface area contributed by atoms with Gasteiger partial charge in [-0.3, -0.25) is 0 Å². The molecule has 1 amide bonds. The number of rotatable bonds is 4. The fraction of sp³-hybridized carbons (Fsp3) is 0.650. The zero-order chi connectivity index (χ0) is 17.4. The molecule has 0 saturated heterocycles. The van der Waals surface area contributed by atoms with Crippen LogP contribution in [0.2, 0.25) is 0 Å². The first-order valence-corrected chi connectivity index (χ1v) is 9.39. The molecule has 0 fully saturated rings. The largest absolute Gasteiger partial charge is 0.508 e. The fourth-order valence-electron chi connectivity index (χ4n) is 3.59. The first-order valence-electron chi connectivity index (χ1n) is 9.39. The number of amides is 1. The minimum atomic E-state index is -0.193. The molecule has 2 rings (SSSR count). The number of hydrogen-bond acceptors (Lipinski definition) is 3. The predicted molar refractivity (Wildman–Crippen MR) is 96.4 cm³/mol. The topological polar surface area (TPSA) is 49.8 Å². The van der Waals surface area contributed by atoms with Crippen LogP contribution in [-0.2, 0) is 17.6 Å². The SMILES string of the molecule is CCCN(C(=O)OCC)[C@@H]1CCCCCCc2cc(O)ccc2C1. The number of carbonyl (C=O) groups excluding carboxylic acids is 1. The van der Waals surface area contributed by atoms with Gasteiger partial charge in [0.05, 0.1) is 6.61 Å². The molecule has 0 spiro atoms. The van der Waals surface area contributed by atoms with Gasteiger partial charge in [-0.1, -0.05) is 32.3 Å². The van der Waals surface area contributed by atoms with Crippen molar-refractivity contribution in [1.82, 2.24) is 4.90 Å². The first-order chi connectivity index (χ1) is 11.7. The Kier molecular flexibility index (Phi) is 7.41. The van der Waals surface area contributed by atoms with Crippen LogP contribution in [0, 0.1) is 0 Å². The highest BCUT2D eigenvalue weighted by atomic mass is 16.6. The summed E-state index contributed by atoms with van der Waals surface area (Å²) < 4.78 is 5.29. The van der Waals surface area contributed by atoms with Crippen molar-refractivity contribution >= 4 is 6.09 Å². The average molecular weight is 333 g/mol. The van der Waals surface area contributed by atoms with Crippen molar-refractivity contribution in [2.24, 2.45) is 0 Å². The molecule has 0 radical (unpaired) electrons. The lowest BCUT2D eigenvalue weighted by molar-refractivity contribution is 0.0869. The zero-order valence-electron chi connectivity index (χ0n) is 15.1. The first kappa shape index (κ1) is 18.6.